The largest absolute Gasteiger partial charge is 0.345 e. The van der Waals surface area contributed by atoms with E-state index >= 15 is 0 Å². The predicted octanol–water partition coefficient (Wildman–Crippen LogP) is 5.52. The van der Waals surface area contributed by atoms with Crippen molar-refractivity contribution in [1.82, 2.24) is 9.97 Å². The molecule has 23 heavy (non-hydrogen) atoms. The molecular formula is C20H16N2S. The number of nitrogens with one attached hydrogen (secondary N) is 1. The number of H-pyrrole nitrogens is 1. The van der Waals surface area contributed by atoms with E-state index in [-0.39, 0.29) is 0 Å². The van der Waals surface area contributed by atoms with Crippen LogP contribution in [-0.4, -0.2) is 9.97 Å². The molecule has 3 aromatic carbocycles. The standard InChI is InChI=1S/C20H16N2S/c1-2-9-17-15(6-1)7-5-8-16(17)14-23-19-11-4-3-10-18(19)20-21-12-13-22-20/h1-13H,14H2,(H,21,22). The second-order valence-corrected chi connectivity index (χ2v) is 6.38. The van der Waals surface area contributed by atoms with E-state index in [9.17, 15) is 0 Å². The van der Waals surface area contributed by atoms with Gasteiger partial charge in [-0.1, -0.05) is 60.7 Å². The second-order valence-electron chi connectivity index (χ2n) is 5.36. The monoisotopic (exact) mass is 316 g/mol. The Labute approximate surface area is 139 Å². The van der Waals surface area contributed by atoms with Crippen LogP contribution in [-0.2, 0) is 5.75 Å². The normalized spacial score (nSPS) is 11.0. The molecule has 4 aromatic rings. The van der Waals surface area contributed by atoms with Crippen LogP contribution in [0.1, 0.15) is 5.56 Å². The molecule has 0 radical (unpaired) electrons. The minimum atomic E-state index is 0.922. The molecule has 0 aliphatic carbocycles. The number of imidazole rings is 1. The van der Waals surface area contributed by atoms with E-state index in [1.54, 1.807) is 6.20 Å². The summed E-state index contributed by atoms with van der Waals surface area (Å²) in [6.45, 7) is 0. The van der Waals surface area contributed by atoms with Gasteiger partial charge in [0.1, 0.15) is 5.82 Å². The number of aromatic amines is 1. The number of hydrogen-bond donors (Lipinski definition) is 1. The number of fused-ring (bicyclic) bond motifs is 1. The summed E-state index contributed by atoms with van der Waals surface area (Å²) in [5.74, 6) is 1.87. The zero-order valence-corrected chi connectivity index (χ0v) is 13.4. The van der Waals surface area contributed by atoms with Crippen molar-refractivity contribution in [3.05, 3.63) is 84.7 Å². The summed E-state index contributed by atoms with van der Waals surface area (Å²) in [6.07, 6.45) is 3.66. The Morgan fingerprint density at radius 2 is 1.70 bits per heavy atom. The lowest BCUT2D eigenvalue weighted by atomic mass is 10.1. The van der Waals surface area contributed by atoms with E-state index in [1.165, 1.54) is 21.2 Å². The van der Waals surface area contributed by atoms with Gasteiger partial charge in [-0.25, -0.2) is 4.98 Å². The molecule has 2 nitrogen and oxygen atoms in total. The third-order valence-corrected chi connectivity index (χ3v) is 5.03. The zero-order valence-electron chi connectivity index (χ0n) is 12.6. The lowest BCUT2D eigenvalue weighted by molar-refractivity contribution is 1.27. The molecule has 112 valence electrons. The molecule has 1 aromatic heterocycles. The van der Waals surface area contributed by atoms with Gasteiger partial charge in [-0.2, -0.15) is 0 Å². The second kappa shape index (κ2) is 6.31. The first kappa shape index (κ1) is 14.1. The molecule has 0 aliphatic heterocycles. The van der Waals surface area contributed by atoms with Gasteiger partial charge < -0.3 is 4.98 Å². The van der Waals surface area contributed by atoms with Crippen molar-refractivity contribution in [1.29, 1.82) is 0 Å². The van der Waals surface area contributed by atoms with Crippen LogP contribution in [0.15, 0.2) is 84.0 Å². The van der Waals surface area contributed by atoms with Crippen molar-refractivity contribution >= 4 is 22.5 Å². The lowest BCUT2D eigenvalue weighted by Crippen LogP contribution is -1.87. The average molecular weight is 316 g/mol. The molecule has 4 rings (SSSR count). The first-order chi connectivity index (χ1) is 11.4. The quantitative estimate of drug-likeness (QED) is 0.502. The van der Waals surface area contributed by atoms with Gasteiger partial charge in [0.15, 0.2) is 0 Å². The Morgan fingerprint density at radius 1 is 0.870 bits per heavy atom. The molecule has 0 bridgehead atoms. The molecular weight excluding hydrogens is 300 g/mol. The van der Waals surface area contributed by atoms with Crippen LogP contribution >= 0.6 is 11.8 Å². The highest BCUT2D eigenvalue weighted by molar-refractivity contribution is 7.98. The first-order valence-corrected chi connectivity index (χ1v) is 8.58. The topological polar surface area (TPSA) is 28.7 Å². The molecule has 0 saturated heterocycles. The smallest absolute Gasteiger partial charge is 0.138 e. The third kappa shape index (κ3) is 2.88. The van der Waals surface area contributed by atoms with E-state index in [2.05, 4.69) is 76.7 Å². The molecule has 0 atom stereocenters. The summed E-state index contributed by atoms with van der Waals surface area (Å²) < 4.78 is 0. The van der Waals surface area contributed by atoms with Gasteiger partial charge in [0.2, 0.25) is 0 Å². The van der Waals surface area contributed by atoms with E-state index in [0.717, 1.165) is 17.1 Å². The highest BCUT2D eigenvalue weighted by atomic mass is 32.2. The average Bonchev–Trinajstić information content (AvgIpc) is 3.14. The fourth-order valence-electron chi connectivity index (χ4n) is 2.77. The molecule has 0 spiro atoms. The summed E-state index contributed by atoms with van der Waals surface area (Å²) in [6, 6.07) is 23.5. The molecule has 3 heteroatoms. The van der Waals surface area contributed by atoms with Crippen molar-refractivity contribution in [3.8, 4) is 11.4 Å². The Balaban J connectivity index is 1.65. The first-order valence-electron chi connectivity index (χ1n) is 7.60. The van der Waals surface area contributed by atoms with Gasteiger partial charge in [0.25, 0.3) is 0 Å². The van der Waals surface area contributed by atoms with Crippen LogP contribution in [0.25, 0.3) is 22.2 Å². The Hall–Kier alpha value is -2.52. The van der Waals surface area contributed by atoms with Crippen LogP contribution in [0, 0.1) is 0 Å². The van der Waals surface area contributed by atoms with Crippen LogP contribution in [0.3, 0.4) is 0 Å². The number of nitrogens with zero attached hydrogens (tertiary/aromatic N) is 1. The van der Waals surface area contributed by atoms with Crippen molar-refractivity contribution in [3.63, 3.8) is 0 Å². The molecule has 0 amide bonds. The van der Waals surface area contributed by atoms with E-state index in [4.69, 9.17) is 0 Å². The summed E-state index contributed by atoms with van der Waals surface area (Å²) >= 11 is 1.85. The van der Waals surface area contributed by atoms with Gasteiger partial charge in [0.05, 0.1) is 0 Å². The van der Waals surface area contributed by atoms with Gasteiger partial charge in [-0.15, -0.1) is 11.8 Å². The minimum absolute atomic E-state index is 0.922. The van der Waals surface area contributed by atoms with Gasteiger partial charge in [-0.05, 0) is 22.4 Å². The molecule has 0 saturated carbocycles. The molecule has 0 unspecified atom stereocenters. The van der Waals surface area contributed by atoms with Gasteiger partial charge in [0, 0.05) is 28.6 Å². The maximum Gasteiger partial charge on any atom is 0.138 e. The van der Waals surface area contributed by atoms with E-state index < -0.39 is 0 Å². The highest BCUT2D eigenvalue weighted by Crippen LogP contribution is 2.33. The van der Waals surface area contributed by atoms with Crippen molar-refractivity contribution in [2.24, 2.45) is 0 Å². The Bertz CT molecular complexity index is 924. The summed E-state index contributed by atoms with van der Waals surface area (Å²) in [7, 11) is 0. The van der Waals surface area contributed by atoms with Gasteiger partial charge in [-0.3, -0.25) is 0 Å². The van der Waals surface area contributed by atoms with E-state index in [1.807, 2.05) is 18.0 Å². The van der Waals surface area contributed by atoms with Crippen LogP contribution in [0.2, 0.25) is 0 Å². The van der Waals surface area contributed by atoms with E-state index in [0.29, 0.717) is 0 Å². The molecule has 1 heterocycles. The number of benzene rings is 3. The van der Waals surface area contributed by atoms with Crippen LogP contribution < -0.4 is 0 Å². The number of aromatic nitrogens is 2. The highest BCUT2D eigenvalue weighted by Gasteiger charge is 2.08. The molecule has 0 fully saturated rings. The van der Waals surface area contributed by atoms with Crippen molar-refractivity contribution in [2.75, 3.05) is 0 Å². The summed E-state index contributed by atoms with van der Waals surface area (Å²) in [5, 5.41) is 2.63. The van der Waals surface area contributed by atoms with Gasteiger partial charge >= 0.3 is 0 Å². The molecule has 0 aliphatic rings. The Kier molecular flexibility index (Phi) is 3.86. The summed E-state index contributed by atoms with van der Waals surface area (Å²) in [5.41, 5.74) is 2.52. The minimum Gasteiger partial charge on any atom is -0.345 e. The van der Waals surface area contributed by atoms with Crippen LogP contribution in [0.5, 0.6) is 0 Å². The predicted molar refractivity (Wildman–Crippen MR) is 97.5 cm³/mol. The molecule has 1 N–H and O–H groups in total. The lowest BCUT2D eigenvalue weighted by Gasteiger charge is -2.09. The fraction of sp³-hybridized carbons (Fsp3) is 0.0500. The van der Waals surface area contributed by atoms with Crippen molar-refractivity contribution in [2.45, 2.75) is 10.6 Å². The number of rotatable bonds is 4. The zero-order chi connectivity index (χ0) is 15.5. The SMILES string of the molecule is c1ccc(-c2ncc[nH]2)c(SCc2cccc3ccccc23)c1. The van der Waals surface area contributed by atoms with Crippen molar-refractivity contribution < 1.29 is 0 Å². The third-order valence-electron chi connectivity index (χ3n) is 3.90. The fourth-order valence-corrected chi connectivity index (χ4v) is 3.83. The maximum absolute atomic E-state index is 4.38. The number of thioether (sulfide) groups is 1. The summed E-state index contributed by atoms with van der Waals surface area (Å²) in [4.78, 5) is 8.83. The van der Waals surface area contributed by atoms with Crippen LogP contribution in [0.4, 0.5) is 0 Å². The maximum atomic E-state index is 4.38. The number of hydrogen-bond acceptors (Lipinski definition) is 2. The Morgan fingerprint density at radius 3 is 2.61 bits per heavy atom.